The Morgan fingerprint density at radius 2 is 2.26 bits per heavy atom. The fourth-order valence-electron chi connectivity index (χ4n) is 2.22. The second-order valence-corrected chi connectivity index (χ2v) is 4.93. The van der Waals surface area contributed by atoms with E-state index in [-0.39, 0.29) is 10.6 Å². The lowest BCUT2D eigenvalue weighted by Crippen LogP contribution is -2.50. The number of hydrogen-bond donors (Lipinski definition) is 2. The first kappa shape index (κ1) is 15.5. The molecule has 1 atom stereocenters. The molecular formula is C12H22N4O3. The lowest BCUT2D eigenvalue weighted by molar-refractivity contribution is -0.437. The van der Waals surface area contributed by atoms with Crippen LogP contribution in [0.5, 0.6) is 0 Å². The minimum atomic E-state index is -0.748. The summed E-state index contributed by atoms with van der Waals surface area (Å²) < 4.78 is 5.23. The maximum absolute atomic E-state index is 11.3. The molecular weight excluding hydrogens is 248 g/mol. The van der Waals surface area contributed by atoms with Crippen molar-refractivity contribution in [1.29, 1.82) is 0 Å². The molecule has 7 heteroatoms. The van der Waals surface area contributed by atoms with Gasteiger partial charge in [0.05, 0.1) is 17.7 Å². The summed E-state index contributed by atoms with van der Waals surface area (Å²) >= 11 is 0. The summed E-state index contributed by atoms with van der Waals surface area (Å²) in [4.78, 5) is 12.9. The molecule has 0 saturated heterocycles. The maximum Gasteiger partial charge on any atom is 0.268 e. The van der Waals surface area contributed by atoms with Crippen molar-refractivity contribution in [3.8, 4) is 0 Å². The van der Waals surface area contributed by atoms with Gasteiger partial charge in [0.25, 0.3) is 5.70 Å². The van der Waals surface area contributed by atoms with E-state index in [0.717, 1.165) is 6.54 Å². The molecule has 1 aliphatic carbocycles. The molecule has 0 heterocycles. The molecule has 0 aliphatic heterocycles. The number of nitrogens with zero attached hydrogens (tertiary/aromatic N) is 2. The van der Waals surface area contributed by atoms with Crippen LogP contribution in [0.4, 0.5) is 0 Å². The van der Waals surface area contributed by atoms with Crippen molar-refractivity contribution in [2.24, 2.45) is 5.73 Å². The van der Waals surface area contributed by atoms with Crippen LogP contribution in [0.25, 0.3) is 0 Å². The molecule has 1 rings (SSSR count). The summed E-state index contributed by atoms with van der Waals surface area (Å²) in [5, 5.41) is 14.4. The highest BCUT2D eigenvalue weighted by Gasteiger charge is 2.45. The zero-order chi connectivity index (χ0) is 14.6. The van der Waals surface area contributed by atoms with Gasteiger partial charge in [-0.1, -0.05) is 0 Å². The Balaban J connectivity index is 3.15. The first-order chi connectivity index (χ1) is 8.86. The van der Waals surface area contributed by atoms with Gasteiger partial charge in [0, 0.05) is 12.5 Å². The minimum absolute atomic E-state index is 0.0927. The van der Waals surface area contributed by atoms with Crippen LogP contribution in [0.15, 0.2) is 23.2 Å². The molecule has 0 amide bonds. The monoisotopic (exact) mass is 270 g/mol. The summed E-state index contributed by atoms with van der Waals surface area (Å²) in [5.74, 6) is 0.582. The standard InChI is InChI=1S/C12H22N4O3/c1-14-12(5-6-15(2)3)8-10(19-4)9(13)7-11(12)16(17)18/h7,14H,5-6,8,13H2,1-4H3. The molecule has 7 nitrogen and oxygen atoms in total. The summed E-state index contributed by atoms with van der Waals surface area (Å²) in [5.41, 5.74) is 5.45. The van der Waals surface area contributed by atoms with Gasteiger partial charge in [-0.05, 0) is 34.1 Å². The molecule has 0 aromatic rings. The summed E-state index contributed by atoms with van der Waals surface area (Å²) in [6.45, 7) is 0.725. The van der Waals surface area contributed by atoms with Crippen LogP contribution in [0, 0.1) is 10.1 Å². The molecule has 0 bridgehead atoms. The van der Waals surface area contributed by atoms with Crippen LogP contribution < -0.4 is 11.1 Å². The number of allylic oxidation sites excluding steroid dienone is 1. The van der Waals surface area contributed by atoms with Crippen molar-refractivity contribution in [3.05, 3.63) is 33.3 Å². The third-order valence-electron chi connectivity index (χ3n) is 3.47. The first-order valence-corrected chi connectivity index (χ1v) is 6.09. The average molecular weight is 270 g/mol. The van der Waals surface area contributed by atoms with Crippen LogP contribution in [0.1, 0.15) is 12.8 Å². The predicted molar refractivity (Wildman–Crippen MR) is 72.9 cm³/mol. The second-order valence-electron chi connectivity index (χ2n) is 4.93. The highest BCUT2D eigenvalue weighted by atomic mass is 16.6. The van der Waals surface area contributed by atoms with Gasteiger partial charge in [0.15, 0.2) is 0 Å². The SMILES string of the molecule is CNC1(CCN(C)C)CC(OC)=C(N)C=C1[N+](=O)[O-]. The molecule has 0 radical (unpaired) electrons. The highest BCUT2D eigenvalue weighted by Crippen LogP contribution is 2.34. The van der Waals surface area contributed by atoms with Gasteiger partial charge in [0.2, 0.25) is 0 Å². The molecule has 0 aromatic carbocycles. The van der Waals surface area contributed by atoms with E-state index >= 15 is 0 Å². The third kappa shape index (κ3) is 3.24. The number of rotatable bonds is 6. The number of methoxy groups -OCH3 is 1. The quantitative estimate of drug-likeness (QED) is 0.532. The van der Waals surface area contributed by atoms with Gasteiger partial charge in [-0.25, -0.2) is 0 Å². The summed E-state index contributed by atoms with van der Waals surface area (Å²) in [7, 11) is 7.12. The average Bonchev–Trinajstić information content (AvgIpc) is 2.37. The van der Waals surface area contributed by atoms with Gasteiger partial charge in [-0.3, -0.25) is 10.1 Å². The number of nitrogens with one attached hydrogen (secondary N) is 1. The van der Waals surface area contributed by atoms with Gasteiger partial charge < -0.3 is 20.7 Å². The van der Waals surface area contributed by atoms with Crippen molar-refractivity contribution >= 4 is 0 Å². The van der Waals surface area contributed by atoms with Crippen molar-refractivity contribution in [1.82, 2.24) is 10.2 Å². The van der Waals surface area contributed by atoms with Gasteiger partial charge >= 0.3 is 0 Å². The molecule has 1 unspecified atom stereocenters. The van der Waals surface area contributed by atoms with Gasteiger partial charge in [-0.2, -0.15) is 0 Å². The maximum atomic E-state index is 11.3. The Hall–Kier alpha value is -1.60. The van der Waals surface area contributed by atoms with Crippen LogP contribution in [-0.2, 0) is 4.74 Å². The van der Waals surface area contributed by atoms with Crippen LogP contribution in [0.3, 0.4) is 0 Å². The zero-order valence-electron chi connectivity index (χ0n) is 11.9. The van der Waals surface area contributed by atoms with Crippen molar-refractivity contribution < 1.29 is 9.66 Å². The topological polar surface area (TPSA) is 93.7 Å². The molecule has 0 aromatic heterocycles. The van der Waals surface area contributed by atoms with Crippen molar-refractivity contribution in [3.63, 3.8) is 0 Å². The number of hydrogen-bond acceptors (Lipinski definition) is 6. The third-order valence-corrected chi connectivity index (χ3v) is 3.47. The molecule has 0 fully saturated rings. The summed E-state index contributed by atoms with van der Waals surface area (Å²) in [6.07, 6.45) is 2.38. The van der Waals surface area contributed by atoms with E-state index in [0.29, 0.717) is 24.3 Å². The lowest BCUT2D eigenvalue weighted by Gasteiger charge is -2.34. The fraction of sp³-hybridized carbons (Fsp3) is 0.667. The van der Waals surface area contributed by atoms with E-state index in [1.807, 2.05) is 19.0 Å². The Labute approximate surface area is 113 Å². The van der Waals surface area contributed by atoms with Gasteiger partial charge in [0.1, 0.15) is 11.3 Å². The molecule has 108 valence electrons. The van der Waals surface area contributed by atoms with Crippen LogP contribution in [-0.4, -0.2) is 50.2 Å². The van der Waals surface area contributed by atoms with E-state index in [9.17, 15) is 10.1 Å². The Morgan fingerprint density at radius 1 is 1.63 bits per heavy atom. The number of likely N-dealkylation sites (N-methyl/N-ethyl adjacent to an activating group) is 1. The van der Waals surface area contributed by atoms with E-state index in [4.69, 9.17) is 10.5 Å². The fourth-order valence-corrected chi connectivity index (χ4v) is 2.22. The lowest BCUT2D eigenvalue weighted by atomic mass is 9.82. The Bertz CT molecular complexity index is 417. The van der Waals surface area contributed by atoms with Crippen molar-refractivity contribution in [2.45, 2.75) is 18.4 Å². The smallest absolute Gasteiger partial charge is 0.268 e. The Kier molecular flexibility index (Phi) is 4.90. The van der Waals surface area contributed by atoms with Gasteiger partial charge in [-0.15, -0.1) is 0 Å². The molecule has 0 spiro atoms. The van der Waals surface area contributed by atoms with Crippen LogP contribution >= 0.6 is 0 Å². The first-order valence-electron chi connectivity index (χ1n) is 6.09. The molecule has 3 N–H and O–H groups in total. The number of nitro groups is 1. The normalized spacial score (nSPS) is 23.5. The number of ether oxygens (including phenoxy) is 1. The predicted octanol–water partition coefficient (Wildman–Crippen LogP) is 0.277. The molecule has 0 saturated carbocycles. The molecule has 1 aliphatic rings. The largest absolute Gasteiger partial charge is 0.499 e. The summed E-state index contributed by atoms with van der Waals surface area (Å²) in [6, 6.07) is 0. The number of nitrogens with two attached hydrogens (primary N) is 1. The van der Waals surface area contributed by atoms with E-state index in [1.54, 1.807) is 7.05 Å². The van der Waals surface area contributed by atoms with E-state index in [2.05, 4.69) is 5.32 Å². The highest BCUT2D eigenvalue weighted by molar-refractivity contribution is 5.34. The van der Waals surface area contributed by atoms with E-state index < -0.39 is 5.54 Å². The van der Waals surface area contributed by atoms with Crippen molar-refractivity contribution in [2.75, 3.05) is 34.8 Å². The Morgan fingerprint density at radius 3 is 2.68 bits per heavy atom. The minimum Gasteiger partial charge on any atom is -0.499 e. The second kappa shape index (κ2) is 6.03. The van der Waals surface area contributed by atoms with E-state index in [1.165, 1.54) is 13.2 Å². The molecule has 19 heavy (non-hydrogen) atoms. The van der Waals surface area contributed by atoms with Crippen LogP contribution in [0.2, 0.25) is 0 Å². The zero-order valence-corrected chi connectivity index (χ0v) is 11.9.